The molecule has 10 atom stereocenters. The van der Waals surface area contributed by atoms with Crippen LogP contribution in [-0.2, 0) is 14.2 Å². The molecule has 2 fully saturated rings. The quantitative estimate of drug-likeness (QED) is 0.226. The first-order chi connectivity index (χ1) is 11.7. The van der Waals surface area contributed by atoms with Gasteiger partial charge in [-0.2, -0.15) is 0 Å². The van der Waals surface area contributed by atoms with Crippen LogP contribution in [0, 0.1) is 0 Å². The van der Waals surface area contributed by atoms with Gasteiger partial charge < -0.3 is 60.2 Å². The van der Waals surface area contributed by atoms with Crippen molar-refractivity contribution in [2.24, 2.45) is 0 Å². The average molecular weight is 374 g/mol. The van der Waals surface area contributed by atoms with Crippen molar-refractivity contribution >= 4 is 0 Å². The van der Waals surface area contributed by atoms with Crippen LogP contribution in [0.15, 0.2) is 0 Å². The molecule has 0 amide bonds. The van der Waals surface area contributed by atoms with E-state index < -0.39 is 74.6 Å². The van der Waals surface area contributed by atoms with Crippen molar-refractivity contribution in [1.29, 1.82) is 0 Å². The minimum Gasteiger partial charge on any atom is -0.394 e. The van der Waals surface area contributed by atoms with Crippen molar-refractivity contribution in [1.82, 2.24) is 0 Å². The molecule has 150 valence electrons. The molecular formula is C13H26O12. The van der Waals surface area contributed by atoms with Crippen molar-refractivity contribution < 1.29 is 60.2 Å². The third-order valence-electron chi connectivity index (χ3n) is 3.95. The Labute approximate surface area is 143 Å². The number of rotatable bonds is 3. The molecule has 0 aromatic heterocycles. The van der Waals surface area contributed by atoms with Gasteiger partial charge in [0.25, 0.3) is 0 Å². The van der Waals surface area contributed by atoms with E-state index in [4.69, 9.17) is 40.1 Å². The Morgan fingerprint density at radius 1 is 0.640 bits per heavy atom. The van der Waals surface area contributed by atoms with E-state index in [2.05, 4.69) is 4.74 Å². The van der Waals surface area contributed by atoms with Gasteiger partial charge in [0.15, 0.2) is 12.6 Å². The van der Waals surface area contributed by atoms with Gasteiger partial charge in [0, 0.05) is 7.11 Å². The normalized spacial score (nSPS) is 47.8. The third kappa shape index (κ3) is 5.26. The van der Waals surface area contributed by atoms with Crippen LogP contribution in [0.2, 0.25) is 0 Å². The summed E-state index contributed by atoms with van der Waals surface area (Å²) in [5.41, 5.74) is 0. The lowest BCUT2D eigenvalue weighted by atomic mass is 9.99. The first kappa shape index (κ1) is 22.6. The zero-order chi connectivity index (χ0) is 19.3. The van der Waals surface area contributed by atoms with Gasteiger partial charge in [-0.3, -0.25) is 0 Å². The van der Waals surface area contributed by atoms with Crippen LogP contribution in [0.4, 0.5) is 0 Å². The van der Waals surface area contributed by atoms with E-state index in [0.29, 0.717) is 0 Å². The van der Waals surface area contributed by atoms with Crippen molar-refractivity contribution in [2.75, 3.05) is 20.3 Å². The lowest BCUT2D eigenvalue weighted by Gasteiger charge is -2.38. The predicted octanol–water partition coefficient (Wildman–Crippen LogP) is -5.79. The van der Waals surface area contributed by atoms with E-state index in [0.717, 1.165) is 0 Å². The highest BCUT2D eigenvalue weighted by molar-refractivity contribution is 4.89. The fourth-order valence-electron chi connectivity index (χ4n) is 2.34. The van der Waals surface area contributed by atoms with Gasteiger partial charge in [0.2, 0.25) is 0 Å². The van der Waals surface area contributed by atoms with E-state index in [1.165, 1.54) is 7.11 Å². The van der Waals surface area contributed by atoms with Gasteiger partial charge in [-0.15, -0.1) is 0 Å². The molecule has 25 heavy (non-hydrogen) atoms. The predicted molar refractivity (Wildman–Crippen MR) is 76.8 cm³/mol. The molecule has 2 aliphatic heterocycles. The fourth-order valence-corrected chi connectivity index (χ4v) is 2.34. The Morgan fingerprint density at radius 3 is 1.52 bits per heavy atom. The maximum absolute atomic E-state index is 9.28. The summed E-state index contributed by atoms with van der Waals surface area (Å²) >= 11 is 0. The molecule has 0 aliphatic carbocycles. The minimum absolute atomic E-state index is 0.440. The Morgan fingerprint density at radius 2 is 1.08 bits per heavy atom. The molecule has 2 rings (SSSR count). The van der Waals surface area contributed by atoms with E-state index in [9.17, 15) is 15.3 Å². The standard InChI is InChI=1S/C7H14O6.C6H12O6/c1-12-7-6(11)5(10)4(9)3(2-8)13-7;7-1-2-3(8)4(9)5(10)6(11)12-2/h3-11H,2H2,1H3;2-11H,1H2. The number of hydrogen-bond acceptors (Lipinski definition) is 12. The second-order valence-electron chi connectivity index (χ2n) is 5.65. The minimum atomic E-state index is -1.57. The second-order valence-corrected chi connectivity index (χ2v) is 5.65. The zero-order valence-electron chi connectivity index (χ0n) is 13.4. The molecular weight excluding hydrogens is 348 g/mol. The number of ether oxygens (including phenoxy) is 3. The Balaban J connectivity index is 0.000000251. The highest BCUT2D eigenvalue weighted by Crippen LogP contribution is 2.21. The summed E-state index contributed by atoms with van der Waals surface area (Å²) in [5, 5.41) is 81.2. The van der Waals surface area contributed by atoms with Crippen LogP contribution in [0.1, 0.15) is 0 Å². The molecule has 0 aromatic carbocycles. The van der Waals surface area contributed by atoms with E-state index in [1.807, 2.05) is 0 Å². The van der Waals surface area contributed by atoms with Crippen molar-refractivity contribution in [2.45, 2.75) is 61.4 Å². The van der Waals surface area contributed by atoms with Gasteiger partial charge in [0.05, 0.1) is 13.2 Å². The number of aliphatic hydroxyl groups excluding tert-OH is 9. The molecule has 0 radical (unpaired) electrons. The molecule has 12 nitrogen and oxygen atoms in total. The monoisotopic (exact) mass is 374 g/mol. The second kappa shape index (κ2) is 10.0. The molecule has 12 heteroatoms. The smallest absolute Gasteiger partial charge is 0.186 e. The molecule has 0 spiro atoms. The summed E-state index contributed by atoms with van der Waals surface area (Å²) in [6.45, 7) is -0.965. The van der Waals surface area contributed by atoms with Gasteiger partial charge in [-0.05, 0) is 0 Å². The highest BCUT2D eigenvalue weighted by Gasteiger charge is 2.44. The van der Waals surface area contributed by atoms with Gasteiger partial charge in [-0.1, -0.05) is 0 Å². The maximum atomic E-state index is 9.28. The highest BCUT2D eigenvalue weighted by atomic mass is 16.7. The van der Waals surface area contributed by atoms with Crippen molar-refractivity contribution in [3.63, 3.8) is 0 Å². The Kier molecular flexibility index (Phi) is 9.03. The maximum Gasteiger partial charge on any atom is 0.186 e. The third-order valence-corrected chi connectivity index (χ3v) is 3.95. The molecule has 10 unspecified atom stereocenters. The fraction of sp³-hybridized carbons (Fsp3) is 1.00. The summed E-state index contributed by atoms with van der Waals surface area (Å²) in [5.74, 6) is 0. The lowest BCUT2D eigenvalue weighted by Crippen LogP contribution is -2.58. The van der Waals surface area contributed by atoms with Crippen LogP contribution in [0.25, 0.3) is 0 Å². The van der Waals surface area contributed by atoms with Gasteiger partial charge in [0.1, 0.15) is 48.8 Å². The average Bonchev–Trinajstić information content (AvgIpc) is 2.62. The van der Waals surface area contributed by atoms with Crippen LogP contribution in [0.3, 0.4) is 0 Å². The molecule has 0 aromatic rings. The molecule has 2 aliphatic rings. The van der Waals surface area contributed by atoms with E-state index in [-0.39, 0.29) is 0 Å². The molecule has 0 saturated carbocycles. The topological polar surface area (TPSA) is 210 Å². The van der Waals surface area contributed by atoms with E-state index in [1.54, 1.807) is 0 Å². The van der Waals surface area contributed by atoms with Gasteiger partial charge >= 0.3 is 0 Å². The summed E-state index contributed by atoms with van der Waals surface area (Å²) in [4.78, 5) is 0. The lowest BCUT2D eigenvalue weighted by molar-refractivity contribution is -0.294. The van der Waals surface area contributed by atoms with Crippen molar-refractivity contribution in [3.8, 4) is 0 Å². The number of aliphatic hydroxyl groups is 9. The summed E-state index contributed by atoms with van der Waals surface area (Å²) in [6, 6.07) is 0. The Hall–Kier alpha value is -0.480. The van der Waals surface area contributed by atoms with Gasteiger partial charge in [-0.25, -0.2) is 0 Å². The van der Waals surface area contributed by atoms with Crippen LogP contribution < -0.4 is 0 Å². The summed E-state index contributed by atoms with van der Waals surface area (Å²) in [6.07, 6.45) is -13.0. The first-order valence-corrected chi connectivity index (χ1v) is 7.51. The summed E-state index contributed by atoms with van der Waals surface area (Å²) < 4.78 is 14.2. The van der Waals surface area contributed by atoms with Crippen LogP contribution in [-0.4, -0.2) is 128 Å². The van der Waals surface area contributed by atoms with Crippen LogP contribution >= 0.6 is 0 Å². The largest absolute Gasteiger partial charge is 0.394 e. The number of methoxy groups -OCH3 is 1. The Bertz CT molecular complexity index is 359. The molecule has 2 saturated heterocycles. The molecule has 0 bridgehead atoms. The summed E-state index contributed by atoms with van der Waals surface area (Å²) in [7, 11) is 1.30. The zero-order valence-corrected chi connectivity index (χ0v) is 13.4. The first-order valence-electron chi connectivity index (χ1n) is 7.51. The SMILES string of the molecule is COC1OC(CO)C(O)C(O)C1O.OCC1OC(O)C(O)C(O)C1O. The van der Waals surface area contributed by atoms with E-state index >= 15 is 0 Å². The molecule has 2 heterocycles. The van der Waals surface area contributed by atoms with Crippen molar-refractivity contribution in [3.05, 3.63) is 0 Å². The van der Waals surface area contributed by atoms with Crippen LogP contribution in [0.5, 0.6) is 0 Å². The number of hydrogen-bond donors (Lipinski definition) is 9. The molecule has 9 N–H and O–H groups in total.